The number of tetrazole rings is 1. The van der Waals surface area contributed by atoms with Crippen molar-refractivity contribution in [2.24, 2.45) is 0 Å². The first-order valence-corrected chi connectivity index (χ1v) is 13.2. The Morgan fingerprint density at radius 1 is 0.923 bits per heavy atom. The highest BCUT2D eigenvalue weighted by Crippen LogP contribution is 2.27. The van der Waals surface area contributed by atoms with Gasteiger partial charge in [-0.2, -0.15) is 0 Å². The van der Waals surface area contributed by atoms with Crippen molar-refractivity contribution >= 4 is 10.9 Å². The van der Waals surface area contributed by atoms with Crippen molar-refractivity contribution in [3.63, 3.8) is 0 Å². The summed E-state index contributed by atoms with van der Waals surface area (Å²) < 4.78 is 15.2. The third kappa shape index (κ3) is 5.96. The molecule has 0 bridgehead atoms. The molecule has 0 saturated carbocycles. The van der Waals surface area contributed by atoms with E-state index < -0.39 is 0 Å². The van der Waals surface area contributed by atoms with E-state index in [0.717, 1.165) is 34.0 Å². The summed E-state index contributed by atoms with van der Waals surface area (Å²) in [6.07, 6.45) is 0.736. The lowest BCUT2D eigenvalue weighted by Crippen LogP contribution is -2.32. The maximum atomic E-state index is 13.5. The Balaban J connectivity index is 1.52. The molecule has 8 heteroatoms. The second-order valence-electron chi connectivity index (χ2n) is 10.3. The highest BCUT2D eigenvalue weighted by molar-refractivity contribution is 5.80. The average molecular weight is 525 g/mol. The fourth-order valence-corrected chi connectivity index (χ4v) is 4.99. The smallest absolute Gasteiger partial charge is 0.252 e. The fraction of sp³-hybridized carbons (Fsp3) is 0.290. The SMILES string of the molecule is CC[C@@H](c1nnnn1Cc1ccc(F)cc1)N(Cc1ccc(C)cc1)Cc1cc2cc(C)c(C)cc2[nH]c1=O. The quantitative estimate of drug-likeness (QED) is 0.264. The number of aryl methyl sites for hydroxylation is 3. The molecule has 0 aliphatic heterocycles. The second-order valence-corrected chi connectivity index (χ2v) is 10.3. The molecule has 0 aliphatic rings. The molecule has 0 fully saturated rings. The molecule has 3 aromatic carbocycles. The van der Waals surface area contributed by atoms with E-state index in [0.29, 0.717) is 31.0 Å². The Hall–Kier alpha value is -4.17. The van der Waals surface area contributed by atoms with Gasteiger partial charge in [-0.1, -0.05) is 48.9 Å². The lowest BCUT2D eigenvalue weighted by Gasteiger charge is -2.30. The van der Waals surface area contributed by atoms with Gasteiger partial charge in [0, 0.05) is 24.2 Å². The summed E-state index contributed by atoms with van der Waals surface area (Å²) in [5, 5.41) is 13.7. The number of H-pyrrole nitrogens is 1. The van der Waals surface area contributed by atoms with Crippen LogP contribution in [-0.2, 0) is 19.6 Å². The standard InChI is InChI=1S/C31H33FN6O/c1-5-29(30-34-35-36-38(30)18-24-10-12-27(32)13-11-24)37(17-23-8-6-20(2)7-9-23)19-26-16-25-14-21(3)22(4)15-28(25)33-31(26)39/h6-16,29H,5,17-19H2,1-4H3,(H,33,39)/t29-/m0/s1. The zero-order valence-electron chi connectivity index (χ0n) is 22.8. The number of fused-ring (bicyclic) bond motifs is 1. The normalized spacial score (nSPS) is 12.4. The van der Waals surface area contributed by atoms with Crippen LogP contribution in [0.1, 0.15) is 58.6 Å². The summed E-state index contributed by atoms with van der Waals surface area (Å²) in [5.41, 5.74) is 7.00. The molecular formula is C31H33FN6O. The summed E-state index contributed by atoms with van der Waals surface area (Å²) in [7, 11) is 0. The van der Waals surface area contributed by atoms with Gasteiger partial charge in [0.25, 0.3) is 5.56 Å². The van der Waals surface area contributed by atoms with Crippen LogP contribution >= 0.6 is 0 Å². The van der Waals surface area contributed by atoms with Crippen molar-refractivity contribution in [3.05, 3.63) is 122 Å². The molecule has 1 N–H and O–H groups in total. The molecular weight excluding hydrogens is 491 g/mol. The van der Waals surface area contributed by atoms with Crippen LogP contribution in [0, 0.1) is 26.6 Å². The summed E-state index contributed by atoms with van der Waals surface area (Å²) in [5.74, 6) is 0.426. The van der Waals surface area contributed by atoms with Gasteiger partial charge in [0.15, 0.2) is 5.82 Å². The van der Waals surface area contributed by atoms with E-state index in [1.54, 1.807) is 16.8 Å². The number of pyridine rings is 1. The largest absolute Gasteiger partial charge is 0.322 e. The highest BCUT2D eigenvalue weighted by Gasteiger charge is 2.26. The van der Waals surface area contributed by atoms with Gasteiger partial charge in [-0.3, -0.25) is 9.69 Å². The molecule has 0 aliphatic carbocycles. The van der Waals surface area contributed by atoms with Crippen molar-refractivity contribution in [2.45, 2.75) is 59.8 Å². The van der Waals surface area contributed by atoms with Crippen molar-refractivity contribution < 1.29 is 4.39 Å². The van der Waals surface area contributed by atoms with Gasteiger partial charge in [-0.25, -0.2) is 9.07 Å². The minimum atomic E-state index is -0.280. The number of aromatic nitrogens is 5. The molecule has 0 unspecified atom stereocenters. The third-order valence-corrected chi connectivity index (χ3v) is 7.35. The summed E-state index contributed by atoms with van der Waals surface area (Å²) >= 11 is 0. The molecule has 7 nitrogen and oxygen atoms in total. The molecule has 1 atom stereocenters. The summed E-state index contributed by atoms with van der Waals surface area (Å²) in [4.78, 5) is 18.6. The number of hydrogen-bond acceptors (Lipinski definition) is 5. The van der Waals surface area contributed by atoms with E-state index in [1.165, 1.54) is 23.3 Å². The maximum absolute atomic E-state index is 13.5. The lowest BCUT2D eigenvalue weighted by molar-refractivity contribution is 0.161. The van der Waals surface area contributed by atoms with Crippen molar-refractivity contribution in [1.29, 1.82) is 0 Å². The van der Waals surface area contributed by atoms with Crippen LogP contribution in [0.5, 0.6) is 0 Å². The lowest BCUT2D eigenvalue weighted by atomic mass is 10.0. The summed E-state index contributed by atoms with van der Waals surface area (Å²) in [6, 6.07) is 20.8. The first-order valence-electron chi connectivity index (χ1n) is 13.2. The molecule has 0 amide bonds. The van der Waals surface area contributed by atoms with E-state index in [9.17, 15) is 9.18 Å². The Morgan fingerprint density at radius 3 is 2.33 bits per heavy atom. The molecule has 5 rings (SSSR count). The Bertz CT molecular complexity index is 1640. The van der Waals surface area contributed by atoms with Gasteiger partial charge < -0.3 is 4.98 Å². The van der Waals surface area contributed by atoms with E-state index in [2.05, 4.69) is 76.5 Å². The number of hydrogen-bond donors (Lipinski definition) is 1. The Kier molecular flexibility index (Phi) is 7.65. The van der Waals surface area contributed by atoms with Crippen LogP contribution in [0.4, 0.5) is 4.39 Å². The molecule has 2 aromatic heterocycles. The van der Waals surface area contributed by atoms with Gasteiger partial charge in [-0.05, 0) is 95.6 Å². The Labute approximate surface area is 227 Å². The molecule has 200 valence electrons. The Morgan fingerprint density at radius 2 is 1.62 bits per heavy atom. The molecule has 2 heterocycles. The van der Waals surface area contributed by atoms with E-state index >= 15 is 0 Å². The van der Waals surface area contributed by atoms with Gasteiger partial charge in [0.05, 0.1) is 12.6 Å². The number of rotatable bonds is 9. The number of halogens is 1. The summed E-state index contributed by atoms with van der Waals surface area (Å²) in [6.45, 7) is 9.76. The monoisotopic (exact) mass is 524 g/mol. The third-order valence-electron chi connectivity index (χ3n) is 7.35. The predicted molar refractivity (Wildman–Crippen MR) is 151 cm³/mol. The minimum Gasteiger partial charge on any atom is -0.322 e. The van der Waals surface area contributed by atoms with Crippen LogP contribution in [0.25, 0.3) is 10.9 Å². The molecule has 39 heavy (non-hydrogen) atoms. The highest BCUT2D eigenvalue weighted by atomic mass is 19.1. The van der Waals surface area contributed by atoms with Crippen molar-refractivity contribution in [1.82, 2.24) is 30.1 Å². The average Bonchev–Trinajstić information content (AvgIpc) is 3.36. The fourth-order valence-electron chi connectivity index (χ4n) is 4.99. The zero-order valence-corrected chi connectivity index (χ0v) is 22.8. The van der Waals surface area contributed by atoms with Crippen LogP contribution in [0.3, 0.4) is 0 Å². The molecule has 0 radical (unpaired) electrons. The van der Waals surface area contributed by atoms with E-state index in [-0.39, 0.29) is 17.4 Å². The maximum Gasteiger partial charge on any atom is 0.252 e. The molecule has 0 saturated heterocycles. The van der Waals surface area contributed by atoms with Crippen molar-refractivity contribution in [3.8, 4) is 0 Å². The van der Waals surface area contributed by atoms with Crippen LogP contribution in [0.2, 0.25) is 0 Å². The zero-order chi connectivity index (χ0) is 27.5. The van der Waals surface area contributed by atoms with Crippen LogP contribution < -0.4 is 5.56 Å². The molecule has 0 spiro atoms. The number of nitrogens with zero attached hydrogens (tertiary/aromatic N) is 5. The minimum absolute atomic E-state index is 0.0968. The number of nitrogens with one attached hydrogen (secondary N) is 1. The van der Waals surface area contributed by atoms with E-state index in [1.807, 2.05) is 19.1 Å². The van der Waals surface area contributed by atoms with Gasteiger partial charge in [0.1, 0.15) is 5.82 Å². The van der Waals surface area contributed by atoms with Crippen molar-refractivity contribution in [2.75, 3.05) is 0 Å². The van der Waals surface area contributed by atoms with Crippen LogP contribution in [-0.4, -0.2) is 30.1 Å². The first-order chi connectivity index (χ1) is 18.8. The topological polar surface area (TPSA) is 79.7 Å². The molecule has 5 aromatic rings. The number of benzene rings is 3. The van der Waals surface area contributed by atoms with Gasteiger partial charge in [0.2, 0.25) is 0 Å². The van der Waals surface area contributed by atoms with E-state index in [4.69, 9.17) is 0 Å². The predicted octanol–water partition coefficient (Wildman–Crippen LogP) is 5.78. The van der Waals surface area contributed by atoms with Gasteiger partial charge in [-0.15, -0.1) is 5.10 Å². The second kappa shape index (κ2) is 11.3. The number of aromatic amines is 1. The first kappa shape index (κ1) is 26.4. The van der Waals surface area contributed by atoms with Crippen LogP contribution in [0.15, 0.2) is 71.5 Å². The van der Waals surface area contributed by atoms with Gasteiger partial charge >= 0.3 is 0 Å².